The third kappa shape index (κ3) is 3.90. The summed E-state index contributed by atoms with van der Waals surface area (Å²) in [4.78, 5) is 17.0. The van der Waals surface area contributed by atoms with Crippen molar-refractivity contribution in [1.82, 2.24) is 10.3 Å². The van der Waals surface area contributed by atoms with E-state index in [1.807, 2.05) is 0 Å². The molecule has 1 fully saturated rings. The zero-order valence-corrected chi connectivity index (χ0v) is 13.1. The number of amides is 1. The van der Waals surface area contributed by atoms with Crippen molar-refractivity contribution < 1.29 is 9.90 Å². The lowest BCUT2D eigenvalue weighted by atomic mass is 9.80. The summed E-state index contributed by atoms with van der Waals surface area (Å²) in [7, 11) is 0. The number of aliphatic hydroxyl groups is 1. The molecule has 0 unspecified atom stereocenters. The number of carbonyl (C=O) groups is 1. The average molecular weight is 294 g/mol. The normalized spacial score (nSPS) is 18.0. The van der Waals surface area contributed by atoms with E-state index < -0.39 is 5.60 Å². The topological polar surface area (TPSA) is 62.2 Å². The maximum Gasteiger partial charge on any atom is 0.244 e. The van der Waals surface area contributed by atoms with Gasteiger partial charge in [-0.3, -0.25) is 4.79 Å². The van der Waals surface area contributed by atoms with E-state index in [0.29, 0.717) is 6.54 Å². The second-order valence-electron chi connectivity index (χ2n) is 6.45. The molecule has 5 heteroatoms. The van der Waals surface area contributed by atoms with Crippen LogP contribution in [0.3, 0.4) is 0 Å². The van der Waals surface area contributed by atoms with Gasteiger partial charge in [-0.15, -0.1) is 11.3 Å². The number of thiazole rings is 1. The van der Waals surface area contributed by atoms with Crippen LogP contribution in [0.25, 0.3) is 6.08 Å². The van der Waals surface area contributed by atoms with Crippen molar-refractivity contribution in [3.05, 3.63) is 22.2 Å². The second-order valence-corrected chi connectivity index (χ2v) is 7.51. The molecule has 0 saturated heterocycles. The maximum atomic E-state index is 11.7. The van der Waals surface area contributed by atoms with E-state index in [-0.39, 0.29) is 11.3 Å². The van der Waals surface area contributed by atoms with Crippen LogP contribution in [0, 0.1) is 0 Å². The van der Waals surface area contributed by atoms with Gasteiger partial charge in [0.2, 0.25) is 5.91 Å². The van der Waals surface area contributed by atoms with Crippen molar-refractivity contribution in [3.8, 4) is 0 Å². The molecule has 1 aromatic heterocycles. The Morgan fingerprint density at radius 3 is 2.75 bits per heavy atom. The lowest BCUT2D eigenvalue weighted by molar-refractivity contribution is -0.118. The highest BCUT2D eigenvalue weighted by molar-refractivity contribution is 7.12. The van der Waals surface area contributed by atoms with Gasteiger partial charge >= 0.3 is 0 Å². The first-order valence-electron chi connectivity index (χ1n) is 6.93. The zero-order chi connectivity index (χ0) is 14.8. The van der Waals surface area contributed by atoms with Crippen molar-refractivity contribution in [1.29, 1.82) is 0 Å². The minimum absolute atomic E-state index is 0.0342. The molecule has 2 N–H and O–H groups in total. The standard InChI is InChI=1S/C15H22N2O2S/c1-14(2,3)13-16-9-11(20-13)5-6-12(18)17-10-15(19)7-4-8-15/h5-6,9,19H,4,7-8,10H2,1-3H3,(H,17,18). The largest absolute Gasteiger partial charge is 0.388 e. The molecule has 1 heterocycles. The highest BCUT2D eigenvalue weighted by atomic mass is 32.1. The smallest absolute Gasteiger partial charge is 0.244 e. The van der Waals surface area contributed by atoms with Gasteiger partial charge in [-0.05, 0) is 25.3 Å². The van der Waals surface area contributed by atoms with E-state index in [4.69, 9.17) is 0 Å². The molecule has 1 amide bonds. The average Bonchev–Trinajstić information content (AvgIpc) is 2.80. The van der Waals surface area contributed by atoms with E-state index in [0.717, 1.165) is 29.1 Å². The predicted octanol–water partition coefficient (Wildman–Crippen LogP) is 2.49. The summed E-state index contributed by atoms with van der Waals surface area (Å²) in [5, 5.41) is 13.7. The van der Waals surface area contributed by atoms with Crippen molar-refractivity contribution in [3.63, 3.8) is 0 Å². The van der Waals surface area contributed by atoms with E-state index in [1.54, 1.807) is 23.6 Å². The highest BCUT2D eigenvalue weighted by Crippen LogP contribution is 2.30. The van der Waals surface area contributed by atoms with Crippen LogP contribution in [-0.4, -0.2) is 28.1 Å². The summed E-state index contributed by atoms with van der Waals surface area (Å²) in [5.41, 5.74) is -0.639. The predicted molar refractivity (Wildman–Crippen MR) is 81.7 cm³/mol. The van der Waals surface area contributed by atoms with Crippen molar-refractivity contribution >= 4 is 23.3 Å². The fourth-order valence-electron chi connectivity index (χ4n) is 1.94. The molecule has 4 nitrogen and oxygen atoms in total. The van der Waals surface area contributed by atoms with Crippen LogP contribution in [0.4, 0.5) is 0 Å². The van der Waals surface area contributed by atoms with E-state index in [1.165, 1.54) is 6.08 Å². The number of nitrogens with zero attached hydrogens (tertiary/aromatic N) is 1. The quantitative estimate of drug-likeness (QED) is 0.839. The Bertz CT molecular complexity index is 510. The van der Waals surface area contributed by atoms with E-state index in [9.17, 15) is 9.90 Å². The number of hydrogen-bond acceptors (Lipinski definition) is 4. The number of aromatic nitrogens is 1. The number of rotatable bonds is 4. The van der Waals surface area contributed by atoms with E-state index in [2.05, 4.69) is 31.1 Å². The molecule has 0 spiro atoms. The maximum absolute atomic E-state index is 11.7. The van der Waals surface area contributed by atoms with Crippen LogP contribution in [0.2, 0.25) is 0 Å². The van der Waals surface area contributed by atoms with Gasteiger partial charge in [-0.1, -0.05) is 20.8 Å². The third-order valence-electron chi connectivity index (χ3n) is 3.44. The third-order valence-corrected chi connectivity index (χ3v) is 4.83. The lowest BCUT2D eigenvalue weighted by Crippen LogP contribution is -2.47. The summed E-state index contributed by atoms with van der Waals surface area (Å²) in [6, 6.07) is 0. The van der Waals surface area contributed by atoms with Crippen LogP contribution in [0.5, 0.6) is 0 Å². The molecule has 110 valence electrons. The molecule has 1 saturated carbocycles. The fourth-order valence-corrected chi connectivity index (χ4v) is 2.82. The minimum Gasteiger partial charge on any atom is -0.388 e. The first kappa shape index (κ1) is 15.2. The van der Waals surface area contributed by atoms with Crippen LogP contribution < -0.4 is 5.32 Å². The van der Waals surface area contributed by atoms with Crippen molar-refractivity contribution in [2.75, 3.05) is 6.54 Å². The summed E-state index contributed by atoms with van der Waals surface area (Å²) in [6.07, 6.45) is 7.66. The van der Waals surface area contributed by atoms with Crippen LogP contribution in [-0.2, 0) is 10.2 Å². The summed E-state index contributed by atoms with van der Waals surface area (Å²) in [6.45, 7) is 6.69. The molecule has 2 rings (SSSR count). The molecule has 0 aromatic carbocycles. The Labute approximate surface area is 123 Å². The Morgan fingerprint density at radius 1 is 1.55 bits per heavy atom. The molecule has 0 bridgehead atoms. The second kappa shape index (κ2) is 5.66. The van der Waals surface area contributed by atoms with Gasteiger partial charge in [0, 0.05) is 29.1 Å². The van der Waals surface area contributed by atoms with Gasteiger partial charge < -0.3 is 10.4 Å². The SMILES string of the molecule is CC(C)(C)c1ncc(C=CC(=O)NCC2(O)CCC2)s1. The summed E-state index contributed by atoms with van der Waals surface area (Å²) in [5.74, 6) is -0.170. The van der Waals surface area contributed by atoms with Crippen molar-refractivity contribution in [2.24, 2.45) is 0 Å². The first-order valence-corrected chi connectivity index (χ1v) is 7.75. The highest BCUT2D eigenvalue weighted by Gasteiger charge is 2.34. The Balaban J connectivity index is 1.85. The van der Waals surface area contributed by atoms with Gasteiger partial charge in [0.1, 0.15) is 0 Å². The fraction of sp³-hybridized carbons (Fsp3) is 0.600. The van der Waals surface area contributed by atoms with Crippen LogP contribution >= 0.6 is 11.3 Å². The molecular weight excluding hydrogens is 272 g/mol. The molecule has 0 atom stereocenters. The van der Waals surface area contributed by atoms with Gasteiger partial charge in [-0.2, -0.15) is 0 Å². The van der Waals surface area contributed by atoms with Crippen molar-refractivity contribution in [2.45, 2.75) is 51.0 Å². The van der Waals surface area contributed by atoms with Gasteiger partial charge in [0.05, 0.1) is 10.6 Å². The van der Waals surface area contributed by atoms with Crippen LogP contribution in [0.1, 0.15) is 49.9 Å². The Hall–Kier alpha value is -1.20. The molecule has 1 aromatic rings. The Morgan fingerprint density at radius 2 is 2.25 bits per heavy atom. The first-order chi connectivity index (χ1) is 9.28. The molecule has 1 aliphatic carbocycles. The zero-order valence-electron chi connectivity index (χ0n) is 12.3. The molecule has 20 heavy (non-hydrogen) atoms. The number of nitrogens with one attached hydrogen (secondary N) is 1. The monoisotopic (exact) mass is 294 g/mol. The van der Waals surface area contributed by atoms with Gasteiger partial charge in [-0.25, -0.2) is 4.98 Å². The van der Waals surface area contributed by atoms with Crippen LogP contribution in [0.15, 0.2) is 12.3 Å². The number of carbonyl (C=O) groups excluding carboxylic acids is 1. The lowest BCUT2D eigenvalue weighted by Gasteiger charge is -2.36. The molecule has 0 radical (unpaired) electrons. The minimum atomic E-state index is -0.673. The molecule has 1 aliphatic rings. The van der Waals surface area contributed by atoms with E-state index >= 15 is 0 Å². The molecular formula is C15H22N2O2S. The number of hydrogen-bond donors (Lipinski definition) is 2. The van der Waals surface area contributed by atoms with Gasteiger partial charge in [0.15, 0.2) is 0 Å². The summed E-state index contributed by atoms with van der Waals surface area (Å²) >= 11 is 1.59. The van der Waals surface area contributed by atoms with Gasteiger partial charge in [0.25, 0.3) is 0 Å². The Kier molecular flexibility index (Phi) is 4.30. The summed E-state index contributed by atoms with van der Waals surface area (Å²) < 4.78 is 0. The molecule has 0 aliphatic heterocycles.